The van der Waals surface area contributed by atoms with Gasteiger partial charge in [-0.25, -0.2) is 0 Å². The molecule has 0 atom stereocenters. The molecule has 0 bridgehead atoms. The molecule has 0 saturated heterocycles. The van der Waals surface area contributed by atoms with Crippen LogP contribution in [0.1, 0.15) is 10.4 Å². The van der Waals surface area contributed by atoms with Crippen molar-refractivity contribution in [3.8, 4) is 11.4 Å². The van der Waals surface area contributed by atoms with E-state index in [1.807, 2.05) is 30.5 Å². The number of aromatic nitrogens is 3. The maximum Gasteiger partial charge on any atom is 0.252 e. The smallest absolute Gasteiger partial charge is 0.252 e. The van der Waals surface area contributed by atoms with Crippen LogP contribution in [-0.4, -0.2) is 27.2 Å². The fraction of sp³-hybridized carbons (Fsp3) is 0.118. The SMILES string of the molecule is O=C(NCCn1ccc(-c2ccccn2)n1)c1ccccc1Cl. The third kappa shape index (κ3) is 3.76. The molecule has 1 amide bonds. The molecule has 3 aromatic rings. The lowest BCUT2D eigenvalue weighted by Gasteiger charge is -2.06. The molecule has 0 fully saturated rings. The highest BCUT2D eigenvalue weighted by Crippen LogP contribution is 2.14. The number of nitrogens with zero attached hydrogens (tertiary/aromatic N) is 3. The van der Waals surface area contributed by atoms with Crippen molar-refractivity contribution in [2.45, 2.75) is 6.54 Å². The summed E-state index contributed by atoms with van der Waals surface area (Å²) < 4.78 is 1.77. The summed E-state index contributed by atoms with van der Waals surface area (Å²) in [4.78, 5) is 16.3. The minimum atomic E-state index is -0.187. The number of halogens is 1. The van der Waals surface area contributed by atoms with E-state index in [-0.39, 0.29) is 5.91 Å². The van der Waals surface area contributed by atoms with E-state index in [2.05, 4.69) is 15.4 Å². The summed E-state index contributed by atoms with van der Waals surface area (Å²) in [5.41, 5.74) is 2.11. The molecule has 2 heterocycles. The molecule has 0 aliphatic carbocycles. The van der Waals surface area contributed by atoms with Gasteiger partial charge in [-0.15, -0.1) is 0 Å². The number of carbonyl (C=O) groups excluding carboxylic acids is 1. The van der Waals surface area contributed by atoms with E-state index in [0.29, 0.717) is 23.7 Å². The zero-order chi connectivity index (χ0) is 16.1. The third-order valence-electron chi connectivity index (χ3n) is 3.31. The van der Waals surface area contributed by atoms with Gasteiger partial charge in [-0.2, -0.15) is 5.10 Å². The van der Waals surface area contributed by atoms with Gasteiger partial charge < -0.3 is 5.32 Å². The minimum absolute atomic E-state index is 0.187. The van der Waals surface area contributed by atoms with E-state index in [1.165, 1.54) is 0 Å². The zero-order valence-electron chi connectivity index (χ0n) is 12.3. The van der Waals surface area contributed by atoms with Crippen LogP contribution >= 0.6 is 11.6 Å². The second-order valence-corrected chi connectivity index (χ2v) is 5.32. The number of carbonyl (C=O) groups is 1. The normalized spacial score (nSPS) is 10.5. The summed E-state index contributed by atoms with van der Waals surface area (Å²) in [5.74, 6) is -0.187. The van der Waals surface area contributed by atoms with Crippen LogP contribution in [0, 0.1) is 0 Å². The van der Waals surface area contributed by atoms with E-state index in [4.69, 9.17) is 11.6 Å². The Hall–Kier alpha value is -2.66. The molecule has 0 aliphatic heterocycles. The molecule has 0 radical (unpaired) electrons. The van der Waals surface area contributed by atoms with Crippen LogP contribution < -0.4 is 5.32 Å². The molecule has 0 spiro atoms. The minimum Gasteiger partial charge on any atom is -0.350 e. The van der Waals surface area contributed by atoms with Gasteiger partial charge in [0.2, 0.25) is 0 Å². The molecule has 23 heavy (non-hydrogen) atoms. The number of hydrogen-bond acceptors (Lipinski definition) is 3. The topological polar surface area (TPSA) is 59.8 Å². The van der Waals surface area contributed by atoms with Crippen molar-refractivity contribution in [3.05, 3.63) is 71.5 Å². The van der Waals surface area contributed by atoms with Crippen LogP contribution in [0.15, 0.2) is 60.9 Å². The first-order chi connectivity index (χ1) is 11.2. The van der Waals surface area contributed by atoms with Crippen molar-refractivity contribution in [1.82, 2.24) is 20.1 Å². The quantitative estimate of drug-likeness (QED) is 0.784. The number of amides is 1. The number of pyridine rings is 1. The van der Waals surface area contributed by atoms with Gasteiger partial charge in [0, 0.05) is 18.9 Å². The van der Waals surface area contributed by atoms with E-state index in [0.717, 1.165) is 11.4 Å². The molecule has 1 N–H and O–H groups in total. The van der Waals surface area contributed by atoms with Crippen molar-refractivity contribution in [1.29, 1.82) is 0 Å². The molecule has 5 nitrogen and oxygen atoms in total. The predicted octanol–water partition coefficient (Wildman–Crippen LogP) is 3.03. The summed E-state index contributed by atoms with van der Waals surface area (Å²) in [5, 5.41) is 7.73. The highest BCUT2D eigenvalue weighted by Gasteiger charge is 2.09. The van der Waals surface area contributed by atoms with Crippen LogP contribution in [0.4, 0.5) is 0 Å². The summed E-state index contributed by atoms with van der Waals surface area (Å²) in [6, 6.07) is 14.6. The highest BCUT2D eigenvalue weighted by atomic mass is 35.5. The number of rotatable bonds is 5. The summed E-state index contributed by atoms with van der Waals surface area (Å²) >= 11 is 6.00. The number of benzene rings is 1. The van der Waals surface area contributed by atoms with Gasteiger partial charge in [0.25, 0.3) is 5.91 Å². The van der Waals surface area contributed by atoms with Gasteiger partial charge in [-0.05, 0) is 30.3 Å². The molecule has 0 aliphatic rings. The van der Waals surface area contributed by atoms with Gasteiger partial charge in [-0.3, -0.25) is 14.5 Å². The number of nitrogens with one attached hydrogen (secondary N) is 1. The van der Waals surface area contributed by atoms with Crippen molar-refractivity contribution in [2.24, 2.45) is 0 Å². The number of hydrogen-bond donors (Lipinski definition) is 1. The average molecular weight is 327 g/mol. The van der Waals surface area contributed by atoms with E-state index >= 15 is 0 Å². The van der Waals surface area contributed by atoms with E-state index < -0.39 is 0 Å². The first-order valence-corrected chi connectivity index (χ1v) is 7.59. The van der Waals surface area contributed by atoms with Gasteiger partial charge in [0.05, 0.1) is 22.8 Å². The Labute approximate surface area is 138 Å². The van der Waals surface area contributed by atoms with Crippen molar-refractivity contribution < 1.29 is 4.79 Å². The Balaban J connectivity index is 1.56. The van der Waals surface area contributed by atoms with Gasteiger partial charge >= 0.3 is 0 Å². The molecule has 0 unspecified atom stereocenters. The lowest BCUT2D eigenvalue weighted by molar-refractivity contribution is 0.0952. The standard InChI is InChI=1S/C17H15ClN4O/c18-14-6-2-1-5-13(14)17(23)20-10-12-22-11-8-16(21-22)15-7-3-4-9-19-15/h1-9,11H,10,12H2,(H,20,23). The molecule has 2 aromatic heterocycles. The Morgan fingerprint density at radius 1 is 1.09 bits per heavy atom. The largest absolute Gasteiger partial charge is 0.350 e. The van der Waals surface area contributed by atoms with Crippen LogP contribution in [0.25, 0.3) is 11.4 Å². The first-order valence-electron chi connectivity index (χ1n) is 7.21. The Bertz CT molecular complexity index is 801. The van der Waals surface area contributed by atoms with Crippen molar-refractivity contribution >= 4 is 17.5 Å². The van der Waals surface area contributed by atoms with Crippen molar-refractivity contribution in [2.75, 3.05) is 6.54 Å². The monoisotopic (exact) mass is 326 g/mol. The lowest BCUT2D eigenvalue weighted by atomic mass is 10.2. The molecule has 116 valence electrons. The second kappa shape index (κ2) is 7.07. The maximum absolute atomic E-state index is 12.0. The van der Waals surface area contributed by atoms with Gasteiger partial charge in [0.1, 0.15) is 5.69 Å². The first kappa shape index (κ1) is 15.2. The van der Waals surface area contributed by atoms with Crippen molar-refractivity contribution in [3.63, 3.8) is 0 Å². The van der Waals surface area contributed by atoms with Crippen LogP contribution in [0.2, 0.25) is 5.02 Å². The molecule has 1 aromatic carbocycles. The predicted molar refractivity (Wildman–Crippen MR) is 89.2 cm³/mol. The summed E-state index contributed by atoms with van der Waals surface area (Å²) in [6.07, 6.45) is 3.60. The van der Waals surface area contributed by atoms with Crippen LogP contribution in [-0.2, 0) is 6.54 Å². The molecule has 0 saturated carbocycles. The second-order valence-electron chi connectivity index (χ2n) is 4.91. The summed E-state index contributed by atoms with van der Waals surface area (Å²) in [7, 11) is 0. The average Bonchev–Trinajstić information content (AvgIpc) is 3.05. The molecular weight excluding hydrogens is 312 g/mol. The molecule has 3 rings (SSSR count). The Morgan fingerprint density at radius 2 is 1.91 bits per heavy atom. The summed E-state index contributed by atoms with van der Waals surface area (Å²) in [6.45, 7) is 1.04. The Morgan fingerprint density at radius 3 is 2.70 bits per heavy atom. The van der Waals surface area contributed by atoms with Gasteiger partial charge in [0.15, 0.2) is 0 Å². The lowest BCUT2D eigenvalue weighted by Crippen LogP contribution is -2.27. The third-order valence-corrected chi connectivity index (χ3v) is 3.64. The molecular formula is C17H15ClN4O. The van der Waals surface area contributed by atoms with Crippen LogP contribution in [0.5, 0.6) is 0 Å². The van der Waals surface area contributed by atoms with Crippen LogP contribution in [0.3, 0.4) is 0 Å². The van der Waals surface area contributed by atoms with Gasteiger partial charge in [-0.1, -0.05) is 29.8 Å². The van der Waals surface area contributed by atoms with E-state index in [1.54, 1.807) is 35.1 Å². The zero-order valence-corrected chi connectivity index (χ0v) is 13.1. The van der Waals surface area contributed by atoms with E-state index in [9.17, 15) is 4.79 Å². The highest BCUT2D eigenvalue weighted by molar-refractivity contribution is 6.33. The Kier molecular flexibility index (Phi) is 4.68. The maximum atomic E-state index is 12.0. The fourth-order valence-electron chi connectivity index (χ4n) is 2.16. The molecule has 6 heteroatoms. The fourth-order valence-corrected chi connectivity index (χ4v) is 2.38.